The second-order valence-electron chi connectivity index (χ2n) is 5.78. The zero-order chi connectivity index (χ0) is 19.0. The van der Waals surface area contributed by atoms with E-state index in [0.717, 1.165) is 0 Å². The number of aliphatic hydroxyl groups is 2. The van der Waals surface area contributed by atoms with E-state index in [4.69, 9.17) is 4.74 Å². The minimum atomic E-state index is -5.00. The van der Waals surface area contributed by atoms with E-state index in [1.165, 1.54) is 6.92 Å². The Hall–Kier alpha value is -1.81. The molecule has 25 heavy (non-hydrogen) atoms. The van der Waals surface area contributed by atoms with Crippen molar-refractivity contribution < 1.29 is 41.3 Å². The molecule has 10 heteroatoms. The van der Waals surface area contributed by atoms with Crippen LogP contribution in [0.5, 0.6) is 0 Å². The summed E-state index contributed by atoms with van der Waals surface area (Å²) in [6.45, 7) is 1.45. The fourth-order valence-electron chi connectivity index (χ4n) is 2.42. The van der Waals surface area contributed by atoms with Gasteiger partial charge in [0.1, 0.15) is 0 Å². The zero-order valence-corrected chi connectivity index (χ0v) is 12.9. The van der Waals surface area contributed by atoms with Gasteiger partial charge in [0.2, 0.25) is 12.2 Å². The number of halogens is 6. The first-order valence-corrected chi connectivity index (χ1v) is 7.26. The number of hydrogen-bond acceptors (Lipinski definition) is 4. The molecule has 1 aromatic carbocycles. The summed E-state index contributed by atoms with van der Waals surface area (Å²) in [6, 6.07) is 0.260. The van der Waals surface area contributed by atoms with Crippen molar-refractivity contribution in [2.45, 2.75) is 50.6 Å². The molecular weight excluding hydrogens is 356 g/mol. The summed E-state index contributed by atoms with van der Waals surface area (Å²) in [4.78, 5) is 3.93. The summed E-state index contributed by atoms with van der Waals surface area (Å²) in [5.41, 5.74) is -3.55. The van der Waals surface area contributed by atoms with Crippen LogP contribution in [0.1, 0.15) is 36.5 Å². The minimum absolute atomic E-state index is 0.00338. The van der Waals surface area contributed by atoms with Gasteiger partial charge in [0.05, 0.1) is 23.3 Å². The third-order valence-corrected chi connectivity index (χ3v) is 3.47. The molecule has 1 aromatic rings. The van der Waals surface area contributed by atoms with Gasteiger partial charge in [0.25, 0.3) is 0 Å². The maximum absolute atomic E-state index is 12.9. The van der Waals surface area contributed by atoms with Crippen LogP contribution in [0.3, 0.4) is 0 Å². The average Bonchev–Trinajstić information content (AvgIpc) is 2.43. The van der Waals surface area contributed by atoms with Crippen LogP contribution in [-0.4, -0.2) is 34.5 Å². The van der Waals surface area contributed by atoms with Crippen molar-refractivity contribution in [3.63, 3.8) is 0 Å². The summed E-state index contributed by atoms with van der Waals surface area (Å²) < 4.78 is 82.3. The highest BCUT2D eigenvalue weighted by Crippen LogP contribution is 2.37. The normalized spacial score (nSPS) is 23.0. The van der Waals surface area contributed by atoms with Crippen molar-refractivity contribution in [2.75, 3.05) is 0 Å². The van der Waals surface area contributed by atoms with Crippen molar-refractivity contribution in [1.82, 2.24) is 0 Å². The standard InChI is InChI=1S/C15H15F6NO3/c1-7(23)2-11-6-12(24)25-13(22-11)8-3-9(14(16,17)18)5-10(4-8)15(19,20)21/h3-5,7,11-12,23-24H,2,6H2,1H3. The maximum atomic E-state index is 12.9. The molecule has 0 saturated carbocycles. The van der Waals surface area contributed by atoms with Crippen LogP contribution >= 0.6 is 0 Å². The molecule has 0 amide bonds. The SMILES string of the molecule is CC(O)CC1CC(O)OC(c2cc(C(F)(F)F)cc(C(F)(F)F)c2)=N1. The number of rotatable bonds is 3. The fourth-order valence-corrected chi connectivity index (χ4v) is 2.42. The Balaban J connectivity index is 2.51. The first kappa shape index (κ1) is 19.5. The highest BCUT2D eigenvalue weighted by atomic mass is 19.4. The Bertz CT molecular complexity index is 621. The van der Waals surface area contributed by atoms with Crippen LogP contribution in [0.2, 0.25) is 0 Å². The van der Waals surface area contributed by atoms with E-state index in [2.05, 4.69) is 4.99 Å². The third kappa shape index (κ3) is 5.08. The lowest BCUT2D eigenvalue weighted by Gasteiger charge is -2.26. The molecule has 3 unspecified atom stereocenters. The highest BCUT2D eigenvalue weighted by molar-refractivity contribution is 5.95. The summed E-state index contributed by atoms with van der Waals surface area (Å²) in [6.07, 6.45) is -12.2. The highest BCUT2D eigenvalue weighted by Gasteiger charge is 2.38. The van der Waals surface area contributed by atoms with Crippen LogP contribution in [0, 0.1) is 0 Å². The first-order valence-electron chi connectivity index (χ1n) is 7.26. The Morgan fingerprint density at radius 3 is 2.08 bits per heavy atom. The maximum Gasteiger partial charge on any atom is 0.416 e. The molecular formula is C15H15F6NO3. The predicted octanol–water partition coefficient (Wildman–Crippen LogP) is 3.35. The Kier molecular flexibility index (Phi) is 5.33. The van der Waals surface area contributed by atoms with Gasteiger partial charge in [-0.2, -0.15) is 26.3 Å². The van der Waals surface area contributed by atoms with Crippen LogP contribution in [0.4, 0.5) is 26.3 Å². The smallest absolute Gasteiger partial charge is 0.416 e. The van der Waals surface area contributed by atoms with E-state index in [1.54, 1.807) is 0 Å². The van der Waals surface area contributed by atoms with Gasteiger partial charge in [-0.05, 0) is 31.5 Å². The molecule has 4 nitrogen and oxygen atoms in total. The molecule has 0 bridgehead atoms. The first-order chi connectivity index (χ1) is 11.4. The summed E-state index contributed by atoms with van der Waals surface area (Å²) in [7, 11) is 0. The molecule has 0 aliphatic carbocycles. The Labute approximate surface area is 138 Å². The predicted molar refractivity (Wildman–Crippen MR) is 74.8 cm³/mol. The van der Waals surface area contributed by atoms with Crippen LogP contribution in [0.25, 0.3) is 0 Å². The van der Waals surface area contributed by atoms with Crippen molar-refractivity contribution >= 4 is 5.90 Å². The Morgan fingerprint density at radius 1 is 1.12 bits per heavy atom. The summed E-state index contributed by atoms with van der Waals surface area (Å²) in [5.74, 6) is -0.527. The number of aliphatic imine (C=N–C) groups is 1. The van der Waals surface area contributed by atoms with E-state index in [9.17, 15) is 36.6 Å². The monoisotopic (exact) mass is 371 g/mol. The van der Waals surface area contributed by atoms with E-state index >= 15 is 0 Å². The van der Waals surface area contributed by atoms with Gasteiger partial charge in [-0.1, -0.05) is 0 Å². The number of aliphatic hydroxyl groups excluding tert-OH is 2. The molecule has 1 heterocycles. The number of hydrogen-bond donors (Lipinski definition) is 2. The molecule has 0 radical (unpaired) electrons. The summed E-state index contributed by atoms with van der Waals surface area (Å²) in [5, 5.41) is 19.0. The van der Waals surface area contributed by atoms with E-state index in [-0.39, 0.29) is 18.9 Å². The van der Waals surface area contributed by atoms with Crippen LogP contribution in [-0.2, 0) is 17.1 Å². The van der Waals surface area contributed by atoms with Crippen LogP contribution < -0.4 is 0 Å². The second-order valence-corrected chi connectivity index (χ2v) is 5.78. The third-order valence-electron chi connectivity index (χ3n) is 3.47. The molecule has 0 spiro atoms. The van der Waals surface area contributed by atoms with Gasteiger partial charge in [-0.25, -0.2) is 4.99 Å². The molecule has 3 atom stereocenters. The lowest BCUT2D eigenvalue weighted by atomic mass is 10.0. The molecule has 140 valence electrons. The van der Waals surface area contributed by atoms with Gasteiger partial charge >= 0.3 is 12.4 Å². The van der Waals surface area contributed by atoms with Crippen molar-refractivity contribution in [3.05, 3.63) is 34.9 Å². The Morgan fingerprint density at radius 2 is 1.64 bits per heavy atom. The molecule has 0 fully saturated rings. The van der Waals surface area contributed by atoms with E-state index in [0.29, 0.717) is 12.1 Å². The molecule has 0 aromatic heterocycles. The lowest BCUT2D eigenvalue weighted by molar-refractivity contribution is -0.143. The minimum Gasteiger partial charge on any atom is -0.448 e. The second kappa shape index (κ2) is 6.83. The van der Waals surface area contributed by atoms with E-state index < -0.39 is 53.4 Å². The van der Waals surface area contributed by atoms with Crippen molar-refractivity contribution in [1.29, 1.82) is 0 Å². The largest absolute Gasteiger partial charge is 0.448 e. The molecule has 2 rings (SSSR count). The number of alkyl halides is 6. The fraction of sp³-hybridized carbons (Fsp3) is 0.533. The molecule has 1 aliphatic heterocycles. The zero-order valence-electron chi connectivity index (χ0n) is 12.9. The van der Waals surface area contributed by atoms with Gasteiger partial charge in [-0.3, -0.25) is 0 Å². The van der Waals surface area contributed by atoms with Crippen molar-refractivity contribution in [3.8, 4) is 0 Å². The molecule has 2 N–H and O–H groups in total. The quantitative estimate of drug-likeness (QED) is 0.801. The van der Waals surface area contributed by atoms with Gasteiger partial charge in [0.15, 0.2) is 0 Å². The average molecular weight is 371 g/mol. The summed E-state index contributed by atoms with van der Waals surface area (Å²) >= 11 is 0. The van der Waals surface area contributed by atoms with Gasteiger partial charge in [0, 0.05) is 12.0 Å². The lowest BCUT2D eigenvalue weighted by Crippen LogP contribution is -2.32. The van der Waals surface area contributed by atoms with Gasteiger partial charge < -0.3 is 14.9 Å². The number of nitrogens with zero attached hydrogens (tertiary/aromatic N) is 1. The molecule has 0 saturated heterocycles. The van der Waals surface area contributed by atoms with Crippen molar-refractivity contribution in [2.24, 2.45) is 4.99 Å². The van der Waals surface area contributed by atoms with Gasteiger partial charge in [-0.15, -0.1) is 0 Å². The molecule has 1 aliphatic rings. The topological polar surface area (TPSA) is 62.0 Å². The van der Waals surface area contributed by atoms with Crippen LogP contribution in [0.15, 0.2) is 23.2 Å². The number of ether oxygens (including phenoxy) is 1. The van der Waals surface area contributed by atoms with E-state index in [1.807, 2.05) is 0 Å². The number of benzene rings is 1.